The summed E-state index contributed by atoms with van der Waals surface area (Å²) in [5, 5.41) is 5.67. The van der Waals surface area contributed by atoms with E-state index < -0.39 is 17.6 Å². The van der Waals surface area contributed by atoms with Gasteiger partial charge in [0.25, 0.3) is 0 Å². The molecule has 1 amide bonds. The maximum Gasteiger partial charge on any atom is 0.418 e. The van der Waals surface area contributed by atoms with Gasteiger partial charge in [0, 0.05) is 38.1 Å². The first kappa shape index (κ1) is 21.7. The molecule has 9 heteroatoms. The molecule has 29 heavy (non-hydrogen) atoms. The van der Waals surface area contributed by atoms with E-state index in [0.717, 1.165) is 49.2 Å². The highest BCUT2D eigenvalue weighted by Gasteiger charge is 2.33. The van der Waals surface area contributed by atoms with Crippen molar-refractivity contribution in [1.29, 1.82) is 0 Å². The molecule has 2 heterocycles. The van der Waals surface area contributed by atoms with Crippen molar-refractivity contribution >= 4 is 22.9 Å². The minimum atomic E-state index is -4.50. The third-order valence-corrected chi connectivity index (χ3v) is 5.74. The van der Waals surface area contributed by atoms with E-state index in [2.05, 4.69) is 27.5 Å². The van der Waals surface area contributed by atoms with Crippen LogP contribution in [0.4, 0.5) is 18.9 Å². The maximum atomic E-state index is 13.1. The number of hydrogen-bond donors (Lipinski definition) is 1. The Hall–Kier alpha value is -1.97. The Morgan fingerprint density at radius 1 is 1.17 bits per heavy atom. The van der Waals surface area contributed by atoms with Crippen molar-refractivity contribution < 1.29 is 18.0 Å². The van der Waals surface area contributed by atoms with Gasteiger partial charge >= 0.3 is 6.18 Å². The summed E-state index contributed by atoms with van der Waals surface area (Å²) in [6.45, 7) is 6.00. The SMILES string of the molecule is CCCc1nc(CN2CCN(CC(=O)Nc3ccccc3C(F)(F)F)CC2)cs1. The minimum absolute atomic E-state index is 0.0807. The summed E-state index contributed by atoms with van der Waals surface area (Å²) in [6.07, 6.45) is -2.41. The summed E-state index contributed by atoms with van der Waals surface area (Å²) in [7, 11) is 0. The predicted octanol–water partition coefficient (Wildman–Crippen LogP) is 3.87. The number of benzene rings is 1. The van der Waals surface area contributed by atoms with Gasteiger partial charge in [0.15, 0.2) is 0 Å². The Labute approximate surface area is 172 Å². The van der Waals surface area contributed by atoms with Gasteiger partial charge in [-0.2, -0.15) is 13.2 Å². The smallest absolute Gasteiger partial charge is 0.324 e. The molecular formula is C20H25F3N4OS. The van der Waals surface area contributed by atoms with Crippen LogP contribution in [-0.4, -0.2) is 53.4 Å². The van der Waals surface area contributed by atoms with E-state index in [1.165, 1.54) is 18.2 Å². The largest absolute Gasteiger partial charge is 0.418 e. The fourth-order valence-corrected chi connectivity index (χ4v) is 4.21. The minimum Gasteiger partial charge on any atom is -0.324 e. The van der Waals surface area contributed by atoms with Gasteiger partial charge in [0.1, 0.15) is 0 Å². The first-order chi connectivity index (χ1) is 13.8. The fraction of sp³-hybridized carbons (Fsp3) is 0.500. The van der Waals surface area contributed by atoms with Gasteiger partial charge in [-0.1, -0.05) is 19.1 Å². The highest BCUT2D eigenvalue weighted by atomic mass is 32.1. The van der Waals surface area contributed by atoms with Crippen LogP contribution in [0.25, 0.3) is 0 Å². The van der Waals surface area contributed by atoms with E-state index >= 15 is 0 Å². The van der Waals surface area contributed by atoms with E-state index in [0.29, 0.717) is 13.1 Å². The number of carbonyl (C=O) groups excluding carboxylic acids is 1. The van der Waals surface area contributed by atoms with Crippen molar-refractivity contribution in [3.05, 3.63) is 45.9 Å². The van der Waals surface area contributed by atoms with Gasteiger partial charge in [0.05, 0.1) is 28.5 Å². The number of piperazine rings is 1. The van der Waals surface area contributed by atoms with Crippen molar-refractivity contribution in [3.63, 3.8) is 0 Å². The summed E-state index contributed by atoms with van der Waals surface area (Å²) in [5.74, 6) is -0.432. The van der Waals surface area contributed by atoms with Gasteiger partial charge in [-0.05, 0) is 25.0 Å². The van der Waals surface area contributed by atoms with E-state index in [1.54, 1.807) is 11.3 Å². The molecule has 0 bridgehead atoms. The third kappa shape index (κ3) is 6.25. The van der Waals surface area contributed by atoms with Crippen molar-refractivity contribution in [3.8, 4) is 0 Å². The van der Waals surface area contributed by atoms with E-state index in [1.807, 2.05) is 4.90 Å². The zero-order valence-corrected chi connectivity index (χ0v) is 17.2. The zero-order valence-electron chi connectivity index (χ0n) is 16.3. The molecule has 0 saturated carbocycles. The van der Waals surface area contributed by atoms with Crippen LogP contribution in [0.2, 0.25) is 0 Å². The van der Waals surface area contributed by atoms with Crippen molar-refractivity contribution in [2.75, 3.05) is 38.0 Å². The third-order valence-electron chi connectivity index (χ3n) is 4.79. The second kappa shape index (κ2) is 9.69. The number of rotatable bonds is 7. The molecule has 1 saturated heterocycles. The average Bonchev–Trinajstić information content (AvgIpc) is 3.10. The first-order valence-electron chi connectivity index (χ1n) is 9.69. The van der Waals surface area contributed by atoms with Crippen LogP contribution in [-0.2, 0) is 23.9 Å². The molecule has 0 aliphatic carbocycles. The number of thiazole rings is 1. The van der Waals surface area contributed by atoms with Crippen LogP contribution in [0.1, 0.15) is 29.6 Å². The molecule has 1 aliphatic rings. The molecule has 5 nitrogen and oxygen atoms in total. The molecule has 1 N–H and O–H groups in total. The number of para-hydroxylation sites is 1. The molecule has 1 aliphatic heterocycles. The number of aryl methyl sites for hydroxylation is 1. The standard InChI is InChI=1S/C20H25F3N4OS/c1-2-5-19-24-15(14-29-19)12-26-8-10-27(11-9-26)13-18(28)25-17-7-4-3-6-16(17)20(21,22)23/h3-4,6-7,14H,2,5,8-13H2,1H3,(H,25,28). The number of carbonyl (C=O) groups is 1. The number of alkyl halides is 3. The highest BCUT2D eigenvalue weighted by molar-refractivity contribution is 7.09. The molecule has 0 spiro atoms. The van der Waals surface area contributed by atoms with E-state index in [4.69, 9.17) is 0 Å². The van der Waals surface area contributed by atoms with Crippen LogP contribution in [0.15, 0.2) is 29.6 Å². The highest BCUT2D eigenvalue weighted by Crippen LogP contribution is 2.34. The van der Waals surface area contributed by atoms with Crippen molar-refractivity contribution in [1.82, 2.24) is 14.8 Å². The average molecular weight is 427 g/mol. The molecule has 2 aromatic rings. The number of halogens is 3. The lowest BCUT2D eigenvalue weighted by Gasteiger charge is -2.33. The van der Waals surface area contributed by atoms with Gasteiger partial charge in [-0.15, -0.1) is 11.3 Å². The predicted molar refractivity (Wildman–Crippen MR) is 108 cm³/mol. The molecular weight excluding hydrogens is 401 g/mol. The zero-order chi connectivity index (χ0) is 20.9. The quantitative estimate of drug-likeness (QED) is 0.730. The van der Waals surface area contributed by atoms with E-state index in [9.17, 15) is 18.0 Å². The summed E-state index contributed by atoms with van der Waals surface area (Å²) >= 11 is 1.69. The normalized spacial score (nSPS) is 16.1. The molecule has 158 valence electrons. The molecule has 1 fully saturated rings. The first-order valence-corrected chi connectivity index (χ1v) is 10.6. The molecule has 1 aromatic heterocycles. The number of anilines is 1. The van der Waals surface area contributed by atoms with Crippen LogP contribution in [0.5, 0.6) is 0 Å². The summed E-state index contributed by atoms with van der Waals surface area (Å²) in [5.41, 5.74) is 0.0485. The molecule has 1 aromatic carbocycles. The number of aromatic nitrogens is 1. The van der Waals surface area contributed by atoms with Gasteiger partial charge in [-0.25, -0.2) is 4.98 Å². The second-order valence-corrected chi connectivity index (χ2v) is 8.07. The van der Waals surface area contributed by atoms with Gasteiger partial charge in [0.2, 0.25) is 5.91 Å². The molecule has 3 rings (SSSR count). The lowest BCUT2D eigenvalue weighted by Crippen LogP contribution is -2.48. The topological polar surface area (TPSA) is 48.5 Å². The monoisotopic (exact) mass is 426 g/mol. The van der Waals surface area contributed by atoms with Crippen molar-refractivity contribution in [2.45, 2.75) is 32.5 Å². The second-order valence-electron chi connectivity index (χ2n) is 7.13. The van der Waals surface area contributed by atoms with Gasteiger partial charge < -0.3 is 5.32 Å². The fourth-order valence-electron chi connectivity index (χ4n) is 3.32. The molecule has 0 radical (unpaired) electrons. The number of nitrogens with zero attached hydrogens (tertiary/aromatic N) is 3. The lowest BCUT2D eigenvalue weighted by molar-refractivity contribution is -0.137. The van der Waals surface area contributed by atoms with Crippen LogP contribution in [0.3, 0.4) is 0 Å². The molecule has 0 unspecified atom stereocenters. The Morgan fingerprint density at radius 2 is 1.86 bits per heavy atom. The maximum absolute atomic E-state index is 13.1. The number of amides is 1. The summed E-state index contributed by atoms with van der Waals surface area (Å²) in [6, 6.07) is 5.04. The van der Waals surface area contributed by atoms with Crippen molar-refractivity contribution in [2.24, 2.45) is 0 Å². The van der Waals surface area contributed by atoms with Crippen LogP contribution < -0.4 is 5.32 Å². The Balaban J connectivity index is 1.46. The molecule has 0 atom stereocenters. The summed E-state index contributed by atoms with van der Waals surface area (Å²) in [4.78, 5) is 21.2. The van der Waals surface area contributed by atoms with Gasteiger partial charge in [-0.3, -0.25) is 14.6 Å². The summed E-state index contributed by atoms with van der Waals surface area (Å²) < 4.78 is 39.2. The Bertz CT molecular complexity index is 816. The van der Waals surface area contributed by atoms with E-state index in [-0.39, 0.29) is 12.2 Å². The Morgan fingerprint density at radius 3 is 2.55 bits per heavy atom. The number of hydrogen-bond acceptors (Lipinski definition) is 5. The van der Waals surface area contributed by atoms with Crippen LogP contribution in [0, 0.1) is 0 Å². The van der Waals surface area contributed by atoms with Crippen LogP contribution >= 0.6 is 11.3 Å². The lowest BCUT2D eigenvalue weighted by atomic mass is 10.1. The Kier molecular flexibility index (Phi) is 7.26. The number of nitrogens with one attached hydrogen (secondary N) is 1.